The second-order valence-corrected chi connectivity index (χ2v) is 8.23. The number of phenols is 1. The van der Waals surface area contributed by atoms with Crippen LogP contribution in [0.2, 0.25) is 0 Å². The van der Waals surface area contributed by atoms with Crippen molar-refractivity contribution in [3.8, 4) is 5.75 Å². The molecule has 0 radical (unpaired) electrons. The molecule has 0 aliphatic rings. The molecule has 0 bridgehead atoms. The Kier molecular flexibility index (Phi) is 12.5. The van der Waals surface area contributed by atoms with Crippen molar-refractivity contribution < 1.29 is 5.11 Å². The standard InChI is InChI=1S/C25H44O/c1-4-7-10-11-12-17-22-25(20-15-8-5-2,21-16-9-6-3)23-18-13-14-19-24(23)26/h13-14,18-19,26H,4-12,15-17,20-22H2,1-3H3. The van der Waals surface area contributed by atoms with Gasteiger partial charge in [0.1, 0.15) is 5.75 Å². The van der Waals surface area contributed by atoms with E-state index < -0.39 is 0 Å². The van der Waals surface area contributed by atoms with Gasteiger partial charge in [0.05, 0.1) is 0 Å². The molecule has 1 aromatic carbocycles. The lowest BCUT2D eigenvalue weighted by Gasteiger charge is -2.36. The van der Waals surface area contributed by atoms with Gasteiger partial charge in [-0.15, -0.1) is 0 Å². The third-order valence-electron chi connectivity index (χ3n) is 6.00. The van der Waals surface area contributed by atoms with Crippen LogP contribution in [0.5, 0.6) is 5.75 Å². The monoisotopic (exact) mass is 360 g/mol. The summed E-state index contributed by atoms with van der Waals surface area (Å²) in [5.74, 6) is 0.520. The maximum atomic E-state index is 10.6. The Labute approximate surface area is 163 Å². The van der Waals surface area contributed by atoms with E-state index in [9.17, 15) is 5.11 Å². The Hall–Kier alpha value is -0.980. The quantitative estimate of drug-likeness (QED) is 0.293. The SMILES string of the molecule is CCCCCCCCC(CCCCC)(CCCCC)c1ccccc1O. The summed E-state index contributed by atoms with van der Waals surface area (Å²) in [6, 6.07) is 8.17. The van der Waals surface area contributed by atoms with Gasteiger partial charge >= 0.3 is 0 Å². The highest BCUT2D eigenvalue weighted by molar-refractivity contribution is 5.38. The lowest BCUT2D eigenvalue weighted by Crippen LogP contribution is -2.27. The minimum absolute atomic E-state index is 0.181. The molecule has 1 aromatic rings. The fourth-order valence-electron chi connectivity index (χ4n) is 4.37. The summed E-state index contributed by atoms with van der Waals surface area (Å²) in [4.78, 5) is 0. The first kappa shape index (κ1) is 23.1. The summed E-state index contributed by atoms with van der Waals surface area (Å²) in [5, 5.41) is 10.6. The van der Waals surface area contributed by atoms with E-state index in [0.29, 0.717) is 5.75 Å². The number of hydrogen-bond acceptors (Lipinski definition) is 1. The van der Waals surface area contributed by atoms with Crippen LogP contribution in [0, 0.1) is 0 Å². The van der Waals surface area contributed by atoms with Gasteiger partial charge in [-0.2, -0.15) is 0 Å². The predicted octanol–water partition coefficient (Wildman–Crippen LogP) is 8.54. The molecule has 26 heavy (non-hydrogen) atoms. The maximum absolute atomic E-state index is 10.6. The van der Waals surface area contributed by atoms with Crippen molar-refractivity contribution in [2.45, 2.75) is 122 Å². The van der Waals surface area contributed by atoms with Gasteiger partial charge in [-0.3, -0.25) is 0 Å². The zero-order chi connectivity index (χ0) is 19.1. The zero-order valence-electron chi connectivity index (χ0n) is 17.9. The molecule has 0 saturated heterocycles. The molecular weight excluding hydrogens is 316 g/mol. The smallest absolute Gasteiger partial charge is 0.119 e. The van der Waals surface area contributed by atoms with Crippen molar-refractivity contribution in [2.24, 2.45) is 0 Å². The van der Waals surface area contributed by atoms with Crippen LogP contribution in [0.1, 0.15) is 123 Å². The van der Waals surface area contributed by atoms with Crippen LogP contribution in [0.25, 0.3) is 0 Å². The summed E-state index contributed by atoms with van der Waals surface area (Å²) >= 11 is 0. The first-order chi connectivity index (χ1) is 12.7. The van der Waals surface area contributed by atoms with Crippen LogP contribution in [0.4, 0.5) is 0 Å². The summed E-state index contributed by atoms with van der Waals surface area (Å²) in [6.45, 7) is 6.85. The number of para-hydroxylation sites is 1. The number of phenolic OH excluding ortho intramolecular Hbond substituents is 1. The predicted molar refractivity (Wildman–Crippen MR) is 116 cm³/mol. The van der Waals surface area contributed by atoms with E-state index in [2.05, 4.69) is 32.9 Å². The van der Waals surface area contributed by atoms with Crippen LogP contribution in [-0.4, -0.2) is 5.11 Å². The van der Waals surface area contributed by atoms with Crippen LogP contribution < -0.4 is 0 Å². The van der Waals surface area contributed by atoms with Crippen molar-refractivity contribution in [1.82, 2.24) is 0 Å². The zero-order valence-corrected chi connectivity index (χ0v) is 17.9. The lowest BCUT2D eigenvalue weighted by molar-refractivity contribution is 0.291. The second-order valence-electron chi connectivity index (χ2n) is 8.23. The molecule has 0 amide bonds. The number of rotatable bonds is 16. The van der Waals surface area contributed by atoms with Crippen LogP contribution in [0.15, 0.2) is 24.3 Å². The third kappa shape index (κ3) is 8.14. The Morgan fingerprint density at radius 1 is 0.615 bits per heavy atom. The van der Waals surface area contributed by atoms with E-state index in [0.717, 1.165) is 0 Å². The second kappa shape index (κ2) is 14.1. The molecule has 0 unspecified atom stereocenters. The number of unbranched alkanes of at least 4 members (excludes halogenated alkanes) is 9. The molecule has 0 aromatic heterocycles. The summed E-state index contributed by atoms with van der Waals surface area (Å²) in [7, 11) is 0. The molecule has 150 valence electrons. The fraction of sp³-hybridized carbons (Fsp3) is 0.760. The highest BCUT2D eigenvalue weighted by atomic mass is 16.3. The topological polar surface area (TPSA) is 20.2 Å². The summed E-state index contributed by atoms with van der Waals surface area (Å²) in [5.41, 5.74) is 1.40. The van der Waals surface area contributed by atoms with Crippen LogP contribution >= 0.6 is 0 Å². The minimum atomic E-state index is 0.181. The maximum Gasteiger partial charge on any atom is 0.119 e. The van der Waals surface area contributed by atoms with E-state index in [1.54, 1.807) is 0 Å². The number of hydrogen-bond donors (Lipinski definition) is 1. The Morgan fingerprint density at radius 2 is 1.04 bits per heavy atom. The van der Waals surface area contributed by atoms with Crippen molar-refractivity contribution in [3.05, 3.63) is 29.8 Å². The Morgan fingerprint density at radius 3 is 1.58 bits per heavy atom. The molecule has 0 fully saturated rings. The normalized spacial score (nSPS) is 11.8. The molecule has 1 heteroatoms. The van der Waals surface area contributed by atoms with Gasteiger partial charge in [0.25, 0.3) is 0 Å². The molecule has 0 aliphatic carbocycles. The van der Waals surface area contributed by atoms with Gasteiger partial charge < -0.3 is 5.11 Å². The molecule has 1 N–H and O–H groups in total. The molecule has 1 nitrogen and oxygen atoms in total. The van der Waals surface area contributed by atoms with Crippen molar-refractivity contribution in [1.29, 1.82) is 0 Å². The van der Waals surface area contributed by atoms with E-state index in [1.165, 1.54) is 102 Å². The van der Waals surface area contributed by atoms with Crippen LogP contribution in [-0.2, 0) is 5.41 Å². The van der Waals surface area contributed by atoms with Gasteiger partial charge in [-0.05, 0) is 30.7 Å². The molecule has 0 heterocycles. The van der Waals surface area contributed by atoms with Crippen LogP contribution in [0.3, 0.4) is 0 Å². The van der Waals surface area contributed by atoms with Crippen molar-refractivity contribution in [3.63, 3.8) is 0 Å². The molecule has 0 saturated carbocycles. The summed E-state index contributed by atoms with van der Waals surface area (Å²) < 4.78 is 0. The van der Waals surface area contributed by atoms with E-state index >= 15 is 0 Å². The van der Waals surface area contributed by atoms with Gasteiger partial charge in [0, 0.05) is 5.56 Å². The van der Waals surface area contributed by atoms with E-state index in [1.807, 2.05) is 12.1 Å². The largest absolute Gasteiger partial charge is 0.508 e. The fourth-order valence-corrected chi connectivity index (χ4v) is 4.37. The van der Waals surface area contributed by atoms with E-state index in [4.69, 9.17) is 0 Å². The third-order valence-corrected chi connectivity index (χ3v) is 6.00. The molecule has 0 atom stereocenters. The number of aromatic hydroxyl groups is 1. The minimum Gasteiger partial charge on any atom is -0.508 e. The Bertz CT molecular complexity index is 441. The van der Waals surface area contributed by atoms with E-state index in [-0.39, 0.29) is 5.41 Å². The molecular formula is C25H44O. The van der Waals surface area contributed by atoms with Crippen molar-refractivity contribution >= 4 is 0 Å². The average Bonchev–Trinajstić information content (AvgIpc) is 2.65. The summed E-state index contributed by atoms with van der Waals surface area (Å²) in [6.07, 6.45) is 19.5. The molecule has 0 spiro atoms. The number of benzene rings is 1. The average molecular weight is 361 g/mol. The van der Waals surface area contributed by atoms with Gasteiger partial charge in [0.15, 0.2) is 0 Å². The van der Waals surface area contributed by atoms with Gasteiger partial charge in [-0.1, -0.05) is 116 Å². The molecule has 0 aliphatic heterocycles. The molecule has 1 rings (SSSR count). The highest BCUT2D eigenvalue weighted by Crippen LogP contribution is 2.44. The first-order valence-corrected chi connectivity index (χ1v) is 11.5. The first-order valence-electron chi connectivity index (χ1n) is 11.5. The Balaban J connectivity index is 2.87. The van der Waals surface area contributed by atoms with Gasteiger partial charge in [-0.25, -0.2) is 0 Å². The highest BCUT2D eigenvalue weighted by Gasteiger charge is 2.32. The van der Waals surface area contributed by atoms with Crippen molar-refractivity contribution in [2.75, 3.05) is 0 Å². The van der Waals surface area contributed by atoms with Gasteiger partial charge in [0.2, 0.25) is 0 Å². The lowest BCUT2D eigenvalue weighted by atomic mass is 9.69.